The van der Waals surface area contributed by atoms with Crippen LogP contribution in [0.1, 0.15) is 18.9 Å². The van der Waals surface area contributed by atoms with E-state index < -0.39 is 6.10 Å². The van der Waals surface area contributed by atoms with Crippen LogP contribution in [0.15, 0.2) is 22.7 Å². The van der Waals surface area contributed by atoms with E-state index in [9.17, 15) is 9.50 Å². The molecule has 1 aromatic carbocycles. The second kappa shape index (κ2) is 6.99. The first-order valence-electron chi connectivity index (χ1n) is 5.32. The first kappa shape index (κ1) is 13.6. The Hall–Kier alpha value is -0.450. The number of hydrogen-bond donors (Lipinski definition) is 1. The van der Waals surface area contributed by atoms with Gasteiger partial charge >= 0.3 is 0 Å². The van der Waals surface area contributed by atoms with Crippen molar-refractivity contribution < 1.29 is 14.2 Å². The van der Waals surface area contributed by atoms with Crippen molar-refractivity contribution in [3.63, 3.8) is 0 Å². The Morgan fingerprint density at radius 1 is 1.44 bits per heavy atom. The minimum absolute atomic E-state index is 0.290. The van der Waals surface area contributed by atoms with E-state index in [0.29, 0.717) is 30.5 Å². The molecule has 0 spiro atoms. The number of rotatable bonds is 6. The SMILES string of the molecule is CCOCCC(O)Cc1cc(F)cc(Br)c1. The third kappa shape index (κ3) is 5.05. The van der Waals surface area contributed by atoms with Gasteiger partial charge in [-0.05, 0) is 43.5 Å². The predicted molar refractivity (Wildman–Crippen MR) is 64.9 cm³/mol. The van der Waals surface area contributed by atoms with E-state index in [1.54, 1.807) is 0 Å². The average Bonchev–Trinajstić information content (AvgIpc) is 2.16. The van der Waals surface area contributed by atoms with Crippen molar-refractivity contribution in [1.82, 2.24) is 0 Å². The van der Waals surface area contributed by atoms with E-state index in [4.69, 9.17) is 4.74 Å². The molecule has 1 unspecified atom stereocenters. The Morgan fingerprint density at radius 2 is 2.19 bits per heavy atom. The van der Waals surface area contributed by atoms with E-state index in [1.165, 1.54) is 12.1 Å². The molecule has 0 radical (unpaired) electrons. The highest BCUT2D eigenvalue weighted by atomic mass is 79.9. The van der Waals surface area contributed by atoms with Gasteiger partial charge in [-0.3, -0.25) is 0 Å². The fourth-order valence-corrected chi connectivity index (χ4v) is 1.98. The maximum Gasteiger partial charge on any atom is 0.124 e. The number of halogens is 2. The first-order valence-corrected chi connectivity index (χ1v) is 6.12. The molecule has 0 aliphatic heterocycles. The molecular weight excluding hydrogens is 275 g/mol. The Balaban J connectivity index is 2.45. The van der Waals surface area contributed by atoms with Gasteiger partial charge in [-0.25, -0.2) is 4.39 Å². The summed E-state index contributed by atoms with van der Waals surface area (Å²) in [5, 5.41) is 9.69. The van der Waals surface area contributed by atoms with Crippen LogP contribution in [0.3, 0.4) is 0 Å². The average molecular weight is 291 g/mol. The van der Waals surface area contributed by atoms with Crippen molar-refractivity contribution in [1.29, 1.82) is 0 Å². The van der Waals surface area contributed by atoms with Crippen molar-refractivity contribution in [3.05, 3.63) is 34.1 Å². The smallest absolute Gasteiger partial charge is 0.124 e. The molecule has 1 rings (SSSR count). The van der Waals surface area contributed by atoms with Gasteiger partial charge in [0.1, 0.15) is 5.82 Å². The standard InChI is InChI=1S/C12H16BrFO2/c1-2-16-4-3-12(15)7-9-5-10(13)8-11(14)6-9/h5-6,8,12,15H,2-4,7H2,1H3. The third-order valence-corrected chi connectivity index (χ3v) is 2.65. The lowest BCUT2D eigenvalue weighted by Gasteiger charge is -2.10. The van der Waals surface area contributed by atoms with Crippen molar-refractivity contribution in [2.45, 2.75) is 25.9 Å². The number of hydrogen-bond acceptors (Lipinski definition) is 2. The molecule has 0 aliphatic carbocycles. The van der Waals surface area contributed by atoms with E-state index in [2.05, 4.69) is 15.9 Å². The van der Waals surface area contributed by atoms with Crippen molar-refractivity contribution in [2.24, 2.45) is 0 Å². The fourth-order valence-electron chi connectivity index (χ4n) is 1.47. The summed E-state index contributed by atoms with van der Waals surface area (Å²) in [4.78, 5) is 0. The minimum Gasteiger partial charge on any atom is -0.393 e. The number of ether oxygens (including phenoxy) is 1. The highest BCUT2D eigenvalue weighted by Crippen LogP contribution is 2.16. The number of aliphatic hydroxyl groups excluding tert-OH is 1. The normalized spacial score (nSPS) is 12.8. The zero-order chi connectivity index (χ0) is 12.0. The summed E-state index contributed by atoms with van der Waals surface area (Å²) in [5.74, 6) is -0.290. The zero-order valence-electron chi connectivity index (χ0n) is 9.25. The van der Waals surface area contributed by atoms with Gasteiger partial charge in [-0.15, -0.1) is 0 Å². The van der Waals surface area contributed by atoms with Crippen LogP contribution in [0.25, 0.3) is 0 Å². The number of benzene rings is 1. The molecule has 0 saturated carbocycles. The Kier molecular flexibility index (Phi) is 5.95. The van der Waals surface area contributed by atoms with E-state index in [1.807, 2.05) is 13.0 Å². The quantitative estimate of drug-likeness (QED) is 0.817. The predicted octanol–water partition coefficient (Wildman–Crippen LogP) is 2.92. The highest BCUT2D eigenvalue weighted by molar-refractivity contribution is 9.10. The molecule has 0 aliphatic rings. The topological polar surface area (TPSA) is 29.5 Å². The number of aliphatic hydroxyl groups is 1. The summed E-state index contributed by atoms with van der Waals surface area (Å²) in [5.41, 5.74) is 0.788. The van der Waals surface area contributed by atoms with Gasteiger partial charge in [-0.1, -0.05) is 15.9 Å². The highest BCUT2D eigenvalue weighted by Gasteiger charge is 2.07. The summed E-state index contributed by atoms with van der Waals surface area (Å²) in [6, 6.07) is 4.65. The summed E-state index contributed by atoms with van der Waals surface area (Å²) in [7, 11) is 0. The molecule has 0 heterocycles. The molecule has 0 amide bonds. The monoisotopic (exact) mass is 290 g/mol. The van der Waals surface area contributed by atoms with Crippen molar-refractivity contribution in [3.8, 4) is 0 Å². The maximum absolute atomic E-state index is 13.0. The van der Waals surface area contributed by atoms with Gasteiger partial charge in [0.2, 0.25) is 0 Å². The molecule has 1 N–H and O–H groups in total. The van der Waals surface area contributed by atoms with Gasteiger partial charge in [-0.2, -0.15) is 0 Å². The van der Waals surface area contributed by atoms with Crippen LogP contribution >= 0.6 is 15.9 Å². The van der Waals surface area contributed by atoms with Crippen LogP contribution in [-0.4, -0.2) is 24.4 Å². The van der Waals surface area contributed by atoms with Crippen molar-refractivity contribution >= 4 is 15.9 Å². The van der Waals surface area contributed by atoms with Crippen LogP contribution in [0.5, 0.6) is 0 Å². The van der Waals surface area contributed by atoms with Crippen molar-refractivity contribution in [2.75, 3.05) is 13.2 Å². The molecule has 4 heteroatoms. The molecule has 1 atom stereocenters. The Bertz CT molecular complexity index is 311. The van der Waals surface area contributed by atoms with E-state index in [0.717, 1.165) is 5.56 Å². The van der Waals surface area contributed by atoms with E-state index in [-0.39, 0.29) is 5.82 Å². The second-order valence-corrected chi connectivity index (χ2v) is 4.54. The van der Waals surface area contributed by atoms with Crippen LogP contribution in [0, 0.1) is 5.82 Å². The molecule has 2 nitrogen and oxygen atoms in total. The van der Waals surface area contributed by atoms with Crippen LogP contribution < -0.4 is 0 Å². The summed E-state index contributed by atoms with van der Waals surface area (Å²) in [6.45, 7) is 3.10. The summed E-state index contributed by atoms with van der Waals surface area (Å²) in [6.07, 6.45) is 0.533. The molecule has 0 saturated heterocycles. The van der Waals surface area contributed by atoms with Crippen LogP contribution in [0.4, 0.5) is 4.39 Å². The van der Waals surface area contributed by atoms with Gasteiger partial charge in [0.15, 0.2) is 0 Å². The molecule has 16 heavy (non-hydrogen) atoms. The molecular formula is C12H16BrFO2. The summed E-state index contributed by atoms with van der Waals surface area (Å²) >= 11 is 3.22. The fraction of sp³-hybridized carbons (Fsp3) is 0.500. The lowest BCUT2D eigenvalue weighted by Crippen LogP contribution is -2.13. The molecule has 1 aromatic rings. The van der Waals surface area contributed by atoms with Gasteiger partial charge in [0.05, 0.1) is 6.10 Å². The molecule has 0 bridgehead atoms. The Labute approximate surface area is 104 Å². The molecule has 0 aromatic heterocycles. The lowest BCUT2D eigenvalue weighted by molar-refractivity contribution is 0.0887. The third-order valence-electron chi connectivity index (χ3n) is 2.19. The largest absolute Gasteiger partial charge is 0.393 e. The second-order valence-electron chi connectivity index (χ2n) is 3.62. The summed E-state index contributed by atoms with van der Waals surface area (Å²) < 4.78 is 18.9. The molecule has 90 valence electrons. The van der Waals surface area contributed by atoms with E-state index >= 15 is 0 Å². The van der Waals surface area contributed by atoms with Gasteiger partial charge < -0.3 is 9.84 Å². The van der Waals surface area contributed by atoms with Gasteiger partial charge in [0.25, 0.3) is 0 Å². The van der Waals surface area contributed by atoms with Crippen LogP contribution in [0.2, 0.25) is 0 Å². The molecule has 0 fully saturated rings. The van der Waals surface area contributed by atoms with Gasteiger partial charge in [0, 0.05) is 17.7 Å². The first-order chi connectivity index (χ1) is 7.61. The van der Waals surface area contributed by atoms with Crippen LogP contribution in [-0.2, 0) is 11.2 Å². The maximum atomic E-state index is 13.0. The Morgan fingerprint density at radius 3 is 2.81 bits per heavy atom. The zero-order valence-corrected chi connectivity index (χ0v) is 10.8. The lowest BCUT2D eigenvalue weighted by atomic mass is 10.1. The minimum atomic E-state index is -0.486.